The van der Waals surface area contributed by atoms with E-state index in [-0.39, 0.29) is 5.91 Å². The molecule has 1 aromatic heterocycles. The fraction of sp³-hybridized carbons (Fsp3) is 0.312. The van der Waals surface area contributed by atoms with Crippen LogP contribution in [0.3, 0.4) is 0 Å². The molecule has 23 heavy (non-hydrogen) atoms. The average molecular weight is 376 g/mol. The first-order valence-electron chi connectivity index (χ1n) is 7.46. The first kappa shape index (κ1) is 15.9. The van der Waals surface area contributed by atoms with Gasteiger partial charge < -0.3 is 15.1 Å². The Kier molecular flexibility index (Phi) is 4.88. The van der Waals surface area contributed by atoms with E-state index in [2.05, 4.69) is 48.3 Å². The Hall–Kier alpha value is -1.99. The Labute approximate surface area is 143 Å². The SMILES string of the molecule is CN1CCN(c2ccc(C(=O)Nc3ccc(Br)cc3)nn2)CC1. The van der Waals surface area contributed by atoms with Crippen LogP contribution < -0.4 is 10.2 Å². The van der Waals surface area contributed by atoms with E-state index in [1.807, 2.05) is 30.3 Å². The van der Waals surface area contributed by atoms with E-state index >= 15 is 0 Å². The number of piperazine rings is 1. The second kappa shape index (κ2) is 7.06. The number of nitrogens with zero attached hydrogens (tertiary/aromatic N) is 4. The number of halogens is 1. The van der Waals surface area contributed by atoms with Gasteiger partial charge in [0.15, 0.2) is 11.5 Å². The van der Waals surface area contributed by atoms with Gasteiger partial charge in [0, 0.05) is 36.3 Å². The second-order valence-electron chi connectivity index (χ2n) is 5.53. The summed E-state index contributed by atoms with van der Waals surface area (Å²) in [7, 11) is 2.11. The van der Waals surface area contributed by atoms with E-state index in [1.54, 1.807) is 6.07 Å². The highest BCUT2D eigenvalue weighted by atomic mass is 79.9. The van der Waals surface area contributed by atoms with Crippen molar-refractivity contribution in [2.75, 3.05) is 43.4 Å². The first-order valence-corrected chi connectivity index (χ1v) is 8.25. The van der Waals surface area contributed by atoms with Crippen LogP contribution in [0.15, 0.2) is 40.9 Å². The summed E-state index contributed by atoms with van der Waals surface area (Å²) in [6.45, 7) is 3.87. The smallest absolute Gasteiger partial charge is 0.276 e. The number of benzene rings is 1. The highest BCUT2D eigenvalue weighted by Gasteiger charge is 2.16. The number of nitrogens with one attached hydrogen (secondary N) is 1. The van der Waals surface area contributed by atoms with Crippen molar-refractivity contribution in [3.05, 3.63) is 46.6 Å². The van der Waals surface area contributed by atoms with Crippen molar-refractivity contribution >= 4 is 33.3 Å². The molecule has 1 aromatic carbocycles. The van der Waals surface area contributed by atoms with Crippen molar-refractivity contribution < 1.29 is 4.79 Å². The molecule has 0 saturated carbocycles. The minimum absolute atomic E-state index is 0.259. The zero-order valence-electron chi connectivity index (χ0n) is 12.9. The van der Waals surface area contributed by atoms with Crippen LogP contribution in [0.5, 0.6) is 0 Å². The Morgan fingerprint density at radius 2 is 1.74 bits per heavy atom. The van der Waals surface area contributed by atoms with Gasteiger partial charge in [0.25, 0.3) is 5.91 Å². The summed E-state index contributed by atoms with van der Waals surface area (Å²) < 4.78 is 0.965. The summed E-state index contributed by atoms with van der Waals surface area (Å²) in [6, 6.07) is 11.0. The first-order chi connectivity index (χ1) is 11.1. The molecule has 0 unspecified atom stereocenters. The Morgan fingerprint density at radius 1 is 1.04 bits per heavy atom. The summed E-state index contributed by atoms with van der Waals surface area (Å²) in [6.07, 6.45) is 0. The largest absolute Gasteiger partial charge is 0.353 e. The normalized spacial score (nSPS) is 15.5. The van der Waals surface area contributed by atoms with E-state index in [4.69, 9.17) is 0 Å². The minimum Gasteiger partial charge on any atom is -0.353 e. The molecule has 1 N–H and O–H groups in total. The lowest BCUT2D eigenvalue weighted by Gasteiger charge is -2.32. The molecule has 0 aliphatic carbocycles. The molecule has 0 atom stereocenters. The molecule has 0 radical (unpaired) electrons. The predicted octanol–water partition coefficient (Wildman–Crippen LogP) is 2.24. The number of amides is 1. The number of likely N-dealkylation sites (N-methyl/N-ethyl adjacent to an activating group) is 1. The standard InChI is InChI=1S/C16H18BrN5O/c1-21-8-10-22(11-9-21)15-7-6-14(19-20-15)16(23)18-13-4-2-12(17)3-5-13/h2-7H,8-11H2,1H3,(H,18,23). The van der Waals surface area contributed by atoms with Crippen molar-refractivity contribution in [3.63, 3.8) is 0 Å². The van der Waals surface area contributed by atoms with Crippen LogP contribution in [-0.2, 0) is 0 Å². The van der Waals surface area contributed by atoms with Gasteiger partial charge in [-0.15, -0.1) is 10.2 Å². The lowest BCUT2D eigenvalue weighted by Crippen LogP contribution is -2.44. The second-order valence-corrected chi connectivity index (χ2v) is 6.44. The van der Waals surface area contributed by atoms with Gasteiger partial charge >= 0.3 is 0 Å². The van der Waals surface area contributed by atoms with E-state index in [0.29, 0.717) is 5.69 Å². The van der Waals surface area contributed by atoms with Crippen molar-refractivity contribution in [2.24, 2.45) is 0 Å². The topological polar surface area (TPSA) is 61.4 Å². The van der Waals surface area contributed by atoms with Crippen molar-refractivity contribution in [1.29, 1.82) is 0 Å². The summed E-state index contributed by atoms with van der Waals surface area (Å²) in [4.78, 5) is 16.6. The summed E-state index contributed by atoms with van der Waals surface area (Å²) >= 11 is 3.36. The fourth-order valence-electron chi connectivity index (χ4n) is 2.38. The Morgan fingerprint density at radius 3 is 2.35 bits per heavy atom. The van der Waals surface area contributed by atoms with Gasteiger partial charge in [0.05, 0.1) is 0 Å². The number of rotatable bonds is 3. The van der Waals surface area contributed by atoms with Gasteiger partial charge in [0.2, 0.25) is 0 Å². The van der Waals surface area contributed by atoms with Gasteiger partial charge in [-0.3, -0.25) is 4.79 Å². The van der Waals surface area contributed by atoms with Crippen molar-refractivity contribution in [2.45, 2.75) is 0 Å². The van der Waals surface area contributed by atoms with E-state index in [1.165, 1.54) is 0 Å². The molecule has 1 amide bonds. The van der Waals surface area contributed by atoms with Crippen LogP contribution in [-0.4, -0.2) is 54.2 Å². The maximum Gasteiger partial charge on any atom is 0.276 e. The van der Waals surface area contributed by atoms with Crippen LogP contribution in [0.25, 0.3) is 0 Å². The lowest BCUT2D eigenvalue weighted by molar-refractivity contribution is 0.102. The number of carbonyl (C=O) groups is 1. The van der Waals surface area contributed by atoms with Gasteiger partial charge in [-0.25, -0.2) is 0 Å². The van der Waals surface area contributed by atoms with E-state index in [9.17, 15) is 4.79 Å². The molecule has 1 aliphatic heterocycles. The van der Waals surface area contributed by atoms with Gasteiger partial charge in [-0.2, -0.15) is 0 Å². The maximum absolute atomic E-state index is 12.2. The number of aromatic nitrogens is 2. The van der Waals surface area contributed by atoms with Crippen molar-refractivity contribution in [1.82, 2.24) is 15.1 Å². The molecular weight excluding hydrogens is 358 g/mol. The molecule has 7 heteroatoms. The molecular formula is C16H18BrN5O. The van der Waals surface area contributed by atoms with Crippen molar-refractivity contribution in [3.8, 4) is 0 Å². The van der Waals surface area contributed by atoms with Crippen LogP contribution in [0.2, 0.25) is 0 Å². The summed E-state index contributed by atoms with van der Waals surface area (Å²) in [5, 5.41) is 11.1. The van der Waals surface area contributed by atoms with Crippen LogP contribution in [0.1, 0.15) is 10.5 Å². The third kappa shape index (κ3) is 4.05. The monoisotopic (exact) mass is 375 g/mol. The average Bonchev–Trinajstić information content (AvgIpc) is 2.58. The van der Waals surface area contributed by atoms with Gasteiger partial charge in [0.1, 0.15) is 0 Å². The zero-order valence-corrected chi connectivity index (χ0v) is 14.5. The Bertz CT molecular complexity index is 666. The molecule has 6 nitrogen and oxygen atoms in total. The highest BCUT2D eigenvalue weighted by Crippen LogP contribution is 2.16. The summed E-state index contributed by atoms with van der Waals surface area (Å²) in [5.74, 6) is 0.558. The number of carbonyl (C=O) groups excluding carboxylic acids is 1. The summed E-state index contributed by atoms with van der Waals surface area (Å²) in [5.41, 5.74) is 1.04. The minimum atomic E-state index is -0.259. The number of hydrogen-bond donors (Lipinski definition) is 1. The number of hydrogen-bond acceptors (Lipinski definition) is 5. The molecule has 3 rings (SSSR count). The molecule has 0 spiro atoms. The quantitative estimate of drug-likeness (QED) is 0.891. The van der Waals surface area contributed by atoms with Gasteiger partial charge in [-0.1, -0.05) is 15.9 Å². The Balaban J connectivity index is 1.64. The molecule has 0 bridgehead atoms. The third-order valence-corrected chi connectivity index (χ3v) is 4.34. The third-order valence-electron chi connectivity index (χ3n) is 3.81. The van der Waals surface area contributed by atoms with Crippen LogP contribution in [0.4, 0.5) is 11.5 Å². The van der Waals surface area contributed by atoms with E-state index < -0.39 is 0 Å². The molecule has 120 valence electrons. The predicted molar refractivity (Wildman–Crippen MR) is 93.8 cm³/mol. The zero-order chi connectivity index (χ0) is 16.2. The molecule has 2 heterocycles. The molecule has 2 aromatic rings. The molecule has 1 saturated heterocycles. The molecule has 1 aliphatic rings. The van der Waals surface area contributed by atoms with Gasteiger partial charge in [-0.05, 0) is 43.4 Å². The van der Waals surface area contributed by atoms with E-state index in [0.717, 1.165) is 42.2 Å². The van der Waals surface area contributed by atoms with Crippen LogP contribution >= 0.6 is 15.9 Å². The van der Waals surface area contributed by atoms with Crippen LogP contribution in [0, 0.1) is 0 Å². The molecule has 1 fully saturated rings. The fourth-order valence-corrected chi connectivity index (χ4v) is 2.64. The number of anilines is 2. The lowest BCUT2D eigenvalue weighted by atomic mass is 10.3. The highest BCUT2D eigenvalue weighted by molar-refractivity contribution is 9.10. The maximum atomic E-state index is 12.2.